The van der Waals surface area contributed by atoms with E-state index in [2.05, 4.69) is 22.4 Å². The highest BCUT2D eigenvalue weighted by Gasteiger charge is 2.37. The molecule has 0 aliphatic heterocycles. The number of hydrogen-bond donors (Lipinski definition) is 2. The van der Waals surface area contributed by atoms with Crippen LogP contribution in [0.5, 0.6) is 0 Å². The first-order valence-corrected chi connectivity index (χ1v) is 5.28. The summed E-state index contributed by atoms with van der Waals surface area (Å²) in [6.07, 6.45) is 2.37. The molecule has 0 aromatic carbocycles. The van der Waals surface area contributed by atoms with E-state index >= 15 is 0 Å². The molecule has 14 heavy (non-hydrogen) atoms. The monoisotopic (exact) mass is 212 g/mol. The summed E-state index contributed by atoms with van der Waals surface area (Å²) in [6, 6.07) is 0. The SMILES string of the molecule is CC1(CNC(=O)c2nnc(N)s2)CC1. The molecule has 1 heterocycles. The lowest BCUT2D eigenvalue weighted by Gasteiger charge is -2.07. The highest BCUT2D eigenvalue weighted by molar-refractivity contribution is 7.16. The van der Waals surface area contributed by atoms with E-state index in [0.29, 0.717) is 22.1 Å². The van der Waals surface area contributed by atoms with Crippen LogP contribution >= 0.6 is 11.3 Å². The van der Waals surface area contributed by atoms with E-state index in [4.69, 9.17) is 5.73 Å². The van der Waals surface area contributed by atoms with Gasteiger partial charge in [0.15, 0.2) is 0 Å². The molecular formula is C8H12N4OS. The lowest BCUT2D eigenvalue weighted by molar-refractivity contribution is 0.0945. The molecule has 1 aliphatic carbocycles. The maximum atomic E-state index is 11.5. The number of rotatable bonds is 3. The van der Waals surface area contributed by atoms with E-state index < -0.39 is 0 Å². The van der Waals surface area contributed by atoms with Crippen molar-refractivity contribution in [2.24, 2.45) is 5.41 Å². The molecule has 1 aromatic rings. The van der Waals surface area contributed by atoms with Gasteiger partial charge in [-0.3, -0.25) is 4.79 Å². The predicted octanol–water partition coefficient (Wildman–Crippen LogP) is 0.650. The Morgan fingerprint density at radius 1 is 1.64 bits per heavy atom. The first-order valence-electron chi connectivity index (χ1n) is 4.46. The van der Waals surface area contributed by atoms with Gasteiger partial charge in [-0.05, 0) is 18.3 Å². The van der Waals surface area contributed by atoms with Crippen LogP contribution in [0.1, 0.15) is 29.6 Å². The van der Waals surface area contributed by atoms with Gasteiger partial charge in [0.1, 0.15) is 0 Å². The highest BCUT2D eigenvalue weighted by atomic mass is 32.1. The van der Waals surface area contributed by atoms with Crippen LogP contribution in [0.2, 0.25) is 0 Å². The van der Waals surface area contributed by atoms with Gasteiger partial charge < -0.3 is 11.1 Å². The standard InChI is InChI=1S/C8H12N4OS/c1-8(2-3-8)4-10-5(13)6-11-12-7(9)14-6/h2-4H2,1H3,(H2,9,12)(H,10,13). The van der Waals surface area contributed by atoms with E-state index in [0.717, 1.165) is 11.3 Å². The van der Waals surface area contributed by atoms with E-state index in [9.17, 15) is 4.79 Å². The number of nitrogens with two attached hydrogens (primary N) is 1. The summed E-state index contributed by atoms with van der Waals surface area (Å²) >= 11 is 1.11. The fourth-order valence-corrected chi connectivity index (χ4v) is 1.61. The van der Waals surface area contributed by atoms with Crippen LogP contribution in [0.25, 0.3) is 0 Å². The number of hydrogen-bond acceptors (Lipinski definition) is 5. The predicted molar refractivity (Wildman–Crippen MR) is 54.0 cm³/mol. The molecule has 5 nitrogen and oxygen atoms in total. The molecule has 3 N–H and O–H groups in total. The van der Waals surface area contributed by atoms with Crippen molar-refractivity contribution in [3.63, 3.8) is 0 Å². The zero-order valence-corrected chi connectivity index (χ0v) is 8.73. The Morgan fingerprint density at radius 2 is 2.36 bits per heavy atom. The van der Waals surface area contributed by atoms with Crippen molar-refractivity contribution < 1.29 is 4.79 Å². The third-order valence-electron chi connectivity index (χ3n) is 2.41. The van der Waals surface area contributed by atoms with Crippen molar-refractivity contribution in [1.29, 1.82) is 0 Å². The number of amides is 1. The molecule has 1 aromatic heterocycles. The van der Waals surface area contributed by atoms with Gasteiger partial charge in [0.2, 0.25) is 10.1 Å². The molecule has 2 rings (SSSR count). The molecule has 1 amide bonds. The van der Waals surface area contributed by atoms with E-state index in [1.165, 1.54) is 12.8 Å². The molecule has 0 atom stereocenters. The van der Waals surface area contributed by atoms with Gasteiger partial charge in [0.05, 0.1) is 0 Å². The lowest BCUT2D eigenvalue weighted by atomic mass is 10.1. The number of aromatic nitrogens is 2. The summed E-state index contributed by atoms with van der Waals surface area (Å²) in [5, 5.41) is 10.7. The quantitative estimate of drug-likeness (QED) is 0.770. The third-order valence-corrected chi connectivity index (χ3v) is 3.17. The molecule has 0 bridgehead atoms. The first kappa shape index (κ1) is 9.39. The van der Waals surface area contributed by atoms with Crippen LogP contribution in [0, 0.1) is 5.41 Å². The zero-order chi connectivity index (χ0) is 10.2. The minimum Gasteiger partial charge on any atom is -0.374 e. The maximum Gasteiger partial charge on any atom is 0.282 e. The molecule has 0 radical (unpaired) electrons. The number of anilines is 1. The highest BCUT2D eigenvalue weighted by Crippen LogP contribution is 2.44. The Morgan fingerprint density at radius 3 is 2.86 bits per heavy atom. The van der Waals surface area contributed by atoms with Gasteiger partial charge in [0.25, 0.3) is 5.91 Å². The van der Waals surface area contributed by atoms with Gasteiger partial charge in [-0.2, -0.15) is 0 Å². The van der Waals surface area contributed by atoms with Crippen LogP contribution < -0.4 is 11.1 Å². The van der Waals surface area contributed by atoms with Gasteiger partial charge in [0, 0.05) is 6.54 Å². The molecular weight excluding hydrogens is 200 g/mol. The van der Waals surface area contributed by atoms with E-state index in [1.807, 2.05) is 0 Å². The summed E-state index contributed by atoms with van der Waals surface area (Å²) in [5.41, 5.74) is 5.69. The Labute approximate surface area is 85.7 Å². The molecule has 6 heteroatoms. The Hall–Kier alpha value is -1.17. The second-order valence-corrected chi connectivity index (χ2v) is 4.95. The number of carbonyl (C=O) groups excluding carboxylic acids is 1. The fourth-order valence-electron chi connectivity index (χ4n) is 1.09. The number of carbonyl (C=O) groups is 1. The molecule has 1 fully saturated rings. The van der Waals surface area contributed by atoms with Crippen molar-refractivity contribution in [3.8, 4) is 0 Å². The van der Waals surface area contributed by atoms with Gasteiger partial charge >= 0.3 is 0 Å². The number of nitrogen functional groups attached to an aromatic ring is 1. The van der Waals surface area contributed by atoms with Crippen molar-refractivity contribution in [2.45, 2.75) is 19.8 Å². The summed E-state index contributed by atoms with van der Waals surface area (Å²) in [4.78, 5) is 11.5. The molecule has 76 valence electrons. The van der Waals surface area contributed by atoms with Gasteiger partial charge in [-0.25, -0.2) is 0 Å². The van der Waals surface area contributed by atoms with Crippen molar-refractivity contribution >= 4 is 22.4 Å². The minimum atomic E-state index is -0.174. The van der Waals surface area contributed by atoms with Crippen LogP contribution in [-0.2, 0) is 0 Å². The van der Waals surface area contributed by atoms with Crippen molar-refractivity contribution in [3.05, 3.63) is 5.01 Å². The molecule has 1 aliphatic rings. The second-order valence-electron chi connectivity index (χ2n) is 3.94. The Kier molecular flexibility index (Phi) is 2.14. The fraction of sp³-hybridized carbons (Fsp3) is 0.625. The second kappa shape index (κ2) is 3.20. The third kappa shape index (κ3) is 2.01. The average molecular weight is 212 g/mol. The van der Waals surface area contributed by atoms with E-state index in [1.54, 1.807) is 0 Å². The maximum absolute atomic E-state index is 11.5. The zero-order valence-electron chi connectivity index (χ0n) is 7.91. The molecule has 1 saturated carbocycles. The van der Waals surface area contributed by atoms with Gasteiger partial charge in [-0.15, -0.1) is 10.2 Å². The minimum absolute atomic E-state index is 0.174. The first-order chi connectivity index (χ1) is 6.59. The van der Waals surface area contributed by atoms with Gasteiger partial charge in [-0.1, -0.05) is 18.3 Å². The largest absolute Gasteiger partial charge is 0.374 e. The topological polar surface area (TPSA) is 80.9 Å². The number of nitrogens with zero attached hydrogens (tertiary/aromatic N) is 2. The summed E-state index contributed by atoms with van der Waals surface area (Å²) in [7, 11) is 0. The summed E-state index contributed by atoms with van der Waals surface area (Å²) in [5.74, 6) is -0.174. The van der Waals surface area contributed by atoms with Crippen molar-refractivity contribution in [1.82, 2.24) is 15.5 Å². The summed E-state index contributed by atoms with van der Waals surface area (Å²) < 4.78 is 0. The molecule has 0 spiro atoms. The average Bonchev–Trinajstić information content (AvgIpc) is 2.71. The Bertz CT molecular complexity index is 358. The normalized spacial score (nSPS) is 17.8. The number of nitrogens with one attached hydrogen (secondary N) is 1. The summed E-state index contributed by atoms with van der Waals surface area (Å²) in [6.45, 7) is 2.87. The van der Waals surface area contributed by atoms with Crippen LogP contribution in [0.4, 0.5) is 5.13 Å². The van der Waals surface area contributed by atoms with Crippen LogP contribution in [0.15, 0.2) is 0 Å². The lowest BCUT2D eigenvalue weighted by Crippen LogP contribution is -2.28. The molecule has 0 saturated heterocycles. The molecule has 0 unspecified atom stereocenters. The van der Waals surface area contributed by atoms with Crippen LogP contribution in [0.3, 0.4) is 0 Å². The Balaban J connectivity index is 1.89. The van der Waals surface area contributed by atoms with Crippen molar-refractivity contribution in [2.75, 3.05) is 12.3 Å². The van der Waals surface area contributed by atoms with E-state index in [-0.39, 0.29) is 5.91 Å². The van der Waals surface area contributed by atoms with Crippen LogP contribution in [-0.4, -0.2) is 22.6 Å². The smallest absolute Gasteiger partial charge is 0.282 e.